The van der Waals surface area contributed by atoms with Crippen LogP contribution >= 0.6 is 0 Å². The summed E-state index contributed by atoms with van der Waals surface area (Å²) in [6.45, 7) is 10.9. The number of nitrogens with one attached hydrogen (secondary N) is 1. The number of hydrogen-bond donors (Lipinski definition) is 1. The van der Waals surface area contributed by atoms with Crippen LogP contribution in [0.4, 0.5) is 4.79 Å². The molecule has 2 aliphatic rings. The predicted molar refractivity (Wildman–Crippen MR) is 66.8 cm³/mol. The van der Waals surface area contributed by atoms with Gasteiger partial charge < -0.3 is 15.0 Å². The second-order valence-corrected chi connectivity index (χ2v) is 6.08. The van der Waals surface area contributed by atoms with Gasteiger partial charge in [0.2, 0.25) is 0 Å². The Hall–Kier alpha value is -0.770. The average Bonchev–Trinajstić information content (AvgIpc) is 2.60. The van der Waals surface area contributed by atoms with Gasteiger partial charge in [0.15, 0.2) is 0 Å². The van der Waals surface area contributed by atoms with Crippen molar-refractivity contribution in [1.29, 1.82) is 0 Å². The Kier molecular flexibility index (Phi) is 3.61. The molecule has 2 rings (SSSR count). The largest absolute Gasteiger partial charge is 0.449 e. The van der Waals surface area contributed by atoms with Gasteiger partial charge in [0.05, 0.1) is 6.61 Å². The lowest BCUT2D eigenvalue weighted by molar-refractivity contribution is 0.0788. The zero-order valence-electron chi connectivity index (χ0n) is 11.2. The first-order valence-corrected chi connectivity index (χ1v) is 6.64. The molecule has 0 aromatic rings. The number of ether oxygens (including phenoxy) is 1. The molecule has 0 aromatic heterocycles. The molecule has 0 unspecified atom stereocenters. The van der Waals surface area contributed by atoms with Crippen LogP contribution in [-0.4, -0.2) is 43.8 Å². The van der Waals surface area contributed by atoms with E-state index in [1.165, 1.54) is 0 Å². The van der Waals surface area contributed by atoms with Crippen molar-refractivity contribution in [3.63, 3.8) is 0 Å². The van der Waals surface area contributed by atoms with Gasteiger partial charge in [-0.1, -0.05) is 20.8 Å². The summed E-state index contributed by atoms with van der Waals surface area (Å²) in [5, 5.41) is 3.18. The van der Waals surface area contributed by atoms with Crippen molar-refractivity contribution in [3.05, 3.63) is 0 Å². The molecule has 0 aliphatic carbocycles. The molecule has 0 spiro atoms. The first-order valence-electron chi connectivity index (χ1n) is 6.64. The van der Waals surface area contributed by atoms with Crippen LogP contribution in [0.5, 0.6) is 0 Å². The number of hydrogen-bond acceptors (Lipinski definition) is 3. The lowest BCUT2D eigenvalue weighted by Crippen LogP contribution is -2.45. The molecule has 98 valence electrons. The van der Waals surface area contributed by atoms with Crippen molar-refractivity contribution in [3.8, 4) is 0 Å². The second kappa shape index (κ2) is 4.84. The van der Waals surface area contributed by atoms with Gasteiger partial charge in [0.1, 0.15) is 0 Å². The van der Waals surface area contributed by atoms with E-state index in [2.05, 4.69) is 26.1 Å². The topological polar surface area (TPSA) is 41.6 Å². The first kappa shape index (κ1) is 12.7. The standard InChI is InChI=1S/C13H24N2O2/c1-10(2)13(3)4-5-15(9-13)12(16)17-8-11-6-14-7-11/h10-11,14H,4-9H2,1-3H3/t13-/m0/s1. The Balaban J connectivity index is 1.77. The Bertz CT molecular complexity index is 289. The summed E-state index contributed by atoms with van der Waals surface area (Å²) in [6.07, 6.45) is 0.964. The SMILES string of the molecule is CC(C)[C@@]1(C)CCN(C(=O)OCC2CNC2)C1. The number of likely N-dealkylation sites (tertiary alicyclic amines) is 1. The van der Waals surface area contributed by atoms with E-state index in [1.807, 2.05) is 4.90 Å². The monoisotopic (exact) mass is 240 g/mol. The van der Waals surface area contributed by atoms with Crippen LogP contribution < -0.4 is 5.32 Å². The van der Waals surface area contributed by atoms with Crippen LogP contribution in [0.3, 0.4) is 0 Å². The highest BCUT2D eigenvalue weighted by Crippen LogP contribution is 2.37. The summed E-state index contributed by atoms with van der Waals surface area (Å²) in [5.41, 5.74) is 0.261. The van der Waals surface area contributed by atoms with Crippen LogP contribution in [0.1, 0.15) is 27.2 Å². The lowest BCUT2D eigenvalue weighted by atomic mass is 9.79. The van der Waals surface area contributed by atoms with Crippen LogP contribution in [0.25, 0.3) is 0 Å². The third-order valence-electron chi connectivity index (χ3n) is 4.47. The first-order chi connectivity index (χ1) is 8.01. The van der Waals surface area contributed by atoms with Gasteiger partial charge in [-0.3, -0.25) is 0 Å². The fourth-order valence-corrected chi connectivity index (χ4v) is 2.36. The predicted octanol–water partition coefficient (Wildman–Crippen LogP) is 1.71. The summed E-state index contributed by atoms with van der Waals surface area (Å²) in [7, 11) is 0. The van der Waals surface area contributed by atoms with Gasteiger partial charge >= 0.3 is 6.09 Å². The number of nitrogens with zero attached hydrogens (tertiary/aromatic N) is 1. The molecule has 2 fully saturated rings. The van der Waals surface area contributed by atoms with E-state index < -0.39 is 0 Å². The van der Waals surface area contributed by atoms with Gasteiger partial charge in [-0.05, 0) is 17.8 Å². The number of rotatable bonds is 3. The van der Waals surface area contributed by atoms with E-state index in [-0.39, 0.29) is 11.5 Å². The third-order valence-corrected chi connectivity index (χ3v) is 4.47. The number of amides is 1. The van der Waals surface area contributed by atoms with E-state index in [0.717, 1.165) is 32.6 Å². The fraction of sp³-hybridized carbons (Fsp3) is 0.923. The van der Waals surface area contributed by atoms with Gasteiger partial charge in [-0.15, -0.1) is 0 Å². The summed E-state index contributed by atoms with van der Waals surface area (Å²) in [4.78, 5) is 13.8. The summed E-state index contributed by atoms with van der Waals surface area (Å²) < 4.78 is 5.35. The summed E-state index contributed by atoms with van der Waals surface area (Å²) >= 11 is 0. The maximum absolute atomic E-state index is 11.9. The third kappa shape index (κ3) is 2.73. The molecule has 1 atom stereocenters. The molecular weight excluding hydrogens is 216 g/mol. The molecule has 1 N–H and O–H groups in total. The molecule has 17 heavy (non-hydrogen) atoms. The molecule has 4 heteroatoms. The van der Waals surface area contributed by atoms with Crippen molar-refractivity contribution in [1.82, 2.24) is 10.2 Å². The van der Waals surface area contributed by atoms with Gasteiger partial charge in [0.25, 0.3) is 0 Å². The quantitative estimate of drug-likeness (QED) is 0.816. The normalized spacial score (nSPS) is 29.5. The zero-order valence-corrected chi connectivity index (χ0v) is 11.2. The van der Waals surface area contributed by atoms with Crippen molar-refractivity contribution in [2.75, 3.05) is 32.8 Å². The summed E-state index contributed by atoms with van der Waals surface area (Å²) in [5.74, 6) is 1.13. The van der Waals surface area contributed by atoms with Gasteiger partial charge in [0, 0.05) is 32.1 Å². The maximum Gasteiger partial charge on any atom is 0.409 e. The highest BCUT2D eigenvalue weighted by molar-refractivity contribution is 5.68. The molecule has 0 aromatic carbocycles. The minimum absolute atomic E-state index is 0.124. The van der Waals surface area contributed by atoms with Crippen molar-refractivity contribution >= 4 is 6.09 Å². The molecule has 0 radical (unpaired) electrons. The zero-order chi connectivity index (χ0) is 12.5. The Labute approximate surface area is 104 Å². The molecule has 0 saturated carbocycles. The van der Waals surface area contributed by atoms with E-state index in [4.69, 9.17) is 4.74 Å². The second-order valence-electron chi connectivity index (χ2n) is 6.08. The smallest absolute Gasteiger partial charge is 0.409 e. The Morgan fingerprint density at radius 3 is 2.71 bits per heavy atom. The van der Waals surface area contributed by atoms with Crippen LogP contribution in [0, 0.1) is 17.3 Å². The van der Waals surface area contributed by atoms with E-state index >= 15 is 0 Å². The van der Waals surface area contributed by atoms with Crippen molar-refractivity contribution in [2.24, 2.45) is 17.3 Å². The Morgan fingerprint density at radius 1 is 1.53 bits per heavy atom. The van der Waals surface area contributed by atoms with E-state index in [9.17, 15) is 4.79 Å². The van der Waals surface area contributed by atoms with E-state index in [0.29, 0.717) is 18.4 Å². The van der Waals surface area contributed by atoms with Crippen molar-refractivity contribution in [2.45, 2.75) is 27.2 Å². The summed E-state index contributed by atoms with van der Waals surface area (Å²) in [6, 6.07) is 0. The molecule has 2 saturated heterocycles. The van der Waals surface area contributed by atoms with Gasteiger partial charge in [-0.25, -0.2) is 4.79 Å². The minimum atomic E-state index is -0.124. The molecule has 2 heterocycles. The van der Waals surface area contributed by atoms with Crippen molar-refractivity contribution < 1.29 is 9.53 Å². The Morgan fingerprint density at radius 2 is 2.24 bits per heavy atom. The molecule has 2 aliphatic heterocycles. The fourth-order valence-electron chi connectivity index (χ4n) is 2.36. The maximum atomic E-state index is 11.9. The highest BCUT2D eigenvalue weighted by atomic mass is 16.6. The number of carbonyl (C=O) groups excluding carboxylic acids is 1. The number of carbonyl (C=O) groups is 1. The van der Waals surface area contributed by atoms with Crippen LogP contribution in [0.15, 0.2) is 0 Å². The van der Waals surface area contributed by atoms with Gasteiger partial charge in [-0.2, -0.15) is 0 Å². The molecule has 4 nitrogen and oxygen atoms in total. The average molecular weight is 240 g/mol. The minimum Gasteiger partial charge on any atom is -0.449 e. The molecular formula is C13H24N2O2. The van der Waals surface area contributed by atoms with Crippen LogP contribution in [0.2, 0.25) is 0 Å². The van der Waals surface area contributed by atoms with E-state index in [1.54, 1.807) is 0 Å². The lowest BCUT2D eigenvalue weighted by Gasteiger charge is -2.29. The van der Waals surface area contributed by atoms with Crippen LogP contribution in [-0.2, 0) is 4.74 Å². The molecule has 1 amide bonds. The highest BCUT2D eigenvalue weighted by Gasteiger charge is 2.39. The molecule has 0 bridgehead atoms.